The van der Waals surface area contributed by atoms with Gasteiger partial charge in [0.1, 0.15) is 0 Å². The summed E-state index contributed by atoms with van der Waals surface area (Å²) in [5.41, 5.74) is 0. The zero-order valence-corrected chi connectivity index (χ0v) is 10.5. The Kier molecular flexibility index (Phi) is 3.84. The van der Waals surface area contributed by atoms with E-state index in [1.54, 1.807) is 11.9 Å². The SMILES string of the molecule is CN1CCC(NC2CCCC(C(F)(F)F)C2)C1=O. The van der Waals surface area contributed by atoms with Crippen molar-refractivity contribution in [2.45, 2.75) is 50.4 Å². The van der Waals surface area contributed by atoms with Crippen molar-refractivity contribution in [1.29, 1.82) is 0 Å². The van der Waals surface area contributed by atoms with Gasteiger partial charge in [0.05, 0.1) is 12.0 Å². The van der Waals surface area contributed by atoms with Crippen molar-refractivity contribution >= 4 is 5.91 Å². The van der Waals surface area contributed by atoms with Crippen LogP contribution >= 0.6 is 0 Å². The number of likely N-dealkylation sites (N-methyl/N-ethyl adjacent to an activating group) is 1. The third-order valence-electron chi connectivity index (χ3n) is 4.00. The minimum Gasteiger partial charge on any atom is -0.344 e. The van der Waals surface area contributed by atoms with Gasteiger partial charge in [-0.1, -0.05) is 6.42 Å². The summed E-state index contributed by atoms with van der Waals surface area (Å²) < 4.78 is 38.0. The third kappa shape index (κ3) is 2.96. The summed E-state index contributed by atoms with van der Waals surface area (Å²) in [6, 6.07) is -0.460. The highest BCUT2D eigenvalue weighted by Gasteiger charge is 2.43. The largest absolute Gasteiger partial charge is 0.391 e. The maximum Gasteiger partial charge on any atom is 0.391 e. The smallest absolute Gasteiger partial charge is 0.344 e. The molecule has 0 aromatic rings. The number of hydrogen-bond acceptors (Lipinski definition) is 2. The Labute approximate surface area is 105 Å². The van der Waals surface area contributed by atoms with Crippen molar-refractivity contribution in [3.8, 4) is 0 Å². The molecule has 3 atom stereocenters. The molecule has 2 rings (SSSR count). The number of carbonyl (C=O) groups excluding carboxylic acids is 1. The van der Waals surface area contributed by atoms with E-state index in [2.05, 4.69) is 5.32 Å². The summed E-state index contributed by atoms with van der Waals surface area (Å²) in [7, 11) is 1.73. The number of hydrogen-bond donors (Lipinski definition) is 1. The fourth-order valence-electron chi connectivity index (χ4n) is 2.90. The number of halogens is 3. The first-order valence-electron chi connectivity index (χ1n) is 6.45. The van der Waals surface area contributed by atoms with Crippen LogP contribution in [0.25, 0.3) is 0 Å². The molecule has 0 aromatic carbocycles. The van der Waals surface area contributed by atoms with Crippen LogP contribution in [0.15, 0.2) is 0 Å². The Balaban J connectivity index is 1.88. The molecule has 0 bridgehead atoms. The Hall–Kier alpha value is -0.780. The molecule has 1 aliphatic heterocycles. The van der Waals surface area contributed by atoms with E-state index in [0.717, 1.165) is 6.42 Å². The van der Waals surface area contributed by atoms with Gasteiger partial charge in [0.2, 0.25) is 5.91 Å². The lowest BCUT2D eigenvalue weighted by molar-refractivity contribution is -0.183. The predicted molar refractivity (Wildman–Crippen MR) is 61.0 cm³/mol. The summed E-state index contributed by atoms with van der Waals surface area (Å²) in [5, 5.41) is 3.11. The summed E-state index contributed by atoms with van der Waals surface area (Å²) in [4.78, 5) is 13.3. The Morgan fingerprint density at radius 2 is 2.00 bits per heavy atom. The number of likely N-dealkylation sites (tertiary alicyclic amines) is 1. The number of alkyl halides is 3. The lowest BCUT2D eigenvalue weighted by atomic mass is 9.85. The van der Waals surface area contributed by atoms with E-state index in [-0.39, 0.29) is 30.8 Å². The molecule has 1 saturated heterocycles. The molecule has 0 spiro atoms. The lowest BCUT2D eigenvalue weighted by Crippen LogP contribution is -2.46. The Bertz CT molecular complexity index is 319. The highest BCUT2D eigenvalue weighted by Crippen LogP contribution is 2.37. The van der Waals surface area contributed by atoms with Gasteiger partial charge in [-0.2, -0.15) is 13.2 Å². The second kappa shape index (κ2) is 5.07. The van der Waals surface area contributed by atoms with Crippen LogP contribution in [-0.2, 0) is 4.79 Å². The number of nitrogens with zero attached hydrogens (tertiary/aromatic N) is 1. The topological polar surface area (TPSA) is 32.3 Å². The molecule has 1 amide bonds. The summed E-state index contributed by atoms with van der Waals surface area (Å²) in [5.74, 6) is -1.21. The molecular formula is C12H19F3N2O. The molecule has 0 aromatic heterocycles. The quantitative estimate of drug-likeness (QED) is 0.826. The van der Waals surface area contributed by atoms with Crippen molar-refractivity contribution < 1.29 is 18.0 Å². The van der Waals surface area contributed by atoms with E-state index >= 15 is 0 Å². The monoisotopic (exact) mass is 264 g/mol. The summed E-state index contributed by atoms with van der Waals surface area (Å²) in [6.07, 6.45) is -1.75. The van der Waals surface area contributed by atoms with Crippen LogP contribution in [0.1, 0.15) is 32.1 Å². The van der Waals surface area contributed by atoms with Gasteiger partial charge in [0, 0.05) is 19.6 Å². The fraction of sp³-hybridized carbons (Fsp3) is 0.917. The zero-order chi connectivity index (χ0) is 13.3. The molecule has 0 radical (unpaired) electrons. The molecule has 104 valence electrons. The lowest BCUT2D eigenvalue weighted by Gasteiger charge is -2.32. The Morgan fingerprint density at radius 3 is 2.56 bits per heavy atom. The Morgan fingerprint density at radius 1 is 1.28 bits per heavy atom. The van der Waals surface area contributed by atoms with E-state index in [0.29, 0.717) is 19.4 Å². The van der Waals surface area contributed by atoms with Gasteiger partial charge in [-0.3, -0.25) is 4.79 Å². The molecule has 3 nitrogen and oxygen atoms in total. The van der Waals surface area contributed by atoms with Gasteiger partial charge in [0.15, 0.2) is 0 Å². The summed E-state index contributed by atoms with van der Waals surface area (Å²) in [6.45, 7) is 0.686. The molecule has 3 unspecified atom stereocenters. The van der Waals surface area contributed by atoms with E-state index in [1.807, 2.05) is 0 Å². The van der Waals surface area contributed by atoms with E-state index in [1.165, 1.54) is 0 Å². The standard InChI is InChI=1S/C12H19F3N2O/c1-17-6-5-10(11(17)18)16-9-4-2-3-8(7-9)12(13,14)15/h8-10,16H,2-7H2,1H3. The molecular weight excluding hydrogens is 245 g/mol. The van der Waals surface area contributed by atoms with Crippen LogP contribution in [0, 0.1) is 5.92 Å². The third-order valence-corrected chi connectivity index (χ3v) is 4.00. The van der Waals surface area contributed by atoms with Crippen LogP contribution in [0.3, 0.4) is 0 Å². The number of amides is 1. The molecule has 2 fully saturated rings. The molecule has 6 heteroatoms. The second-order valence-corrected chi connectivity index (χ2v) is 5.37. The first-order chi connectivity index (χ1) is 8.38. The summed E-state index contributed by atoms with van der Waals surface area (Å²) >= 11 is 0. The van der Waals surface area contributed by atoms with Crippen molar-refractivity contribution in [3.05, 3.63) is 0 Å². The van der Waals surface area contributed by atoms with Crippen molar-refractivity contribution in [1.82, 2.24) is 10.2 Å². The van der Waals surface area contributed by atoms with Crippen molar-refractivity contribution in [2.24, 2.45) is 5.92 Å². The number of nitrogens with one attached hydrogen (secondary N) is 1. The molecule has 1 aliphatic carbocycles. The van der Waals surface area contributed by atoms with Gasteiger partial charge in [-0.15, -0.1) is 0 Å². The average molecular weight is 264 g/mol. The predicted octanol–water partition coefficient (Wildman–Crippen LogP) is 1.93. The van der Waals surface area contributed by atoms with Gasteiger partial charge < -0.3 is 10.2 Å². The van der Waals surface area contributed by atoms with E-state index in [9.17, 15) is 18.0 Å². The maximum atomic E-state index is 12.7. The normalized spacial score (nSPS) is 34.1. The molecule has 1 N–H and O–H groups in total. The van der Waals surface area contributed by atoms with Gasteiger partial charge in [-0.05, 0) is 25.7 Å². The van der Waals surface area contributed by atoms with E-state index < -0.39 is 12.1 Å². The van der Waals surface area contributed by atoms with Crippen LogP contribution in [-0.4, -0.2) is 42.7 Å². The zero-order valence-electron chi connectivity index (χ0n) is 10.5. The van der Waals surface area contributed by atoms with Gasteiger partial charge in [0.25, 0.3) is 0 Å². The van der Waals surface area contributed by atoms with Gasteiger partial charge >= 0.3 is 6.18 Å². The molecule has 18 heavy (non-hydrogen) atoms. The first kappa shape index (κ1) is 13.6. The highest BCUT2D eigenvalue weighted by atomic mass is 19.4. The molecule has 1 heterocycles. The highest BCUT2D eigenvalue weighted by molar-refractivity contribution is 5.83. The molecule has 1 saturated carbocycles. The minimum absolute atomic E-state index is 0.00383. The average Bonchev–Trinajstić information content (AvgIpc) is 2.60. The first-order valence-corrected chi connectivity index (χ1v) is 6.45. The van der Waals surface area contributed by atoms with Crippen molar-refractivity contribution in [3.63, 3.8) is 0 Å². The van der Waals surface area contributed by atoms with Gasteiger partial charge in [-0.25, -0.2) is 0 Å². The molecule has 2 aliphatic rings. The maximum absolute atomic E-state index is 12.7. The number of rotatable bonds is 2. The fourth-order valence-corrected chi connectivity index (χ4v) is 2.90. The van der Waals surface area contributed by atoms with Crippen LogP contribution in [0.5, 0.6) is 0 Å². The van der Waals surface area contributed by atoms with Crippen LogP contribution in [0.2, 0.25) is 0 Å². The van der Waals surface area contributed by atoms with Crippen LogP contribution in [0.4, 0.5) is 13.2 Å². The number of carbonyl (C=O) groups is 1. The van der Waals surface area contributed by atoms with Crippen molar-refractivity contribution in [2.75, 3.05) is 13.6 Å². The van der Waals surface area contributed by atoms with E-state index in [4.69, 9.17) is 0 Å². The van der Waals surface area contributed by atoms with Crippen LogP contribution < -0.4 is 5.32 Å². The second-order valence-electron chi connectivity index (χ2n) is 5.37. The minimum atomic E-state index is -4.10.